The van der Waals surface area contributed by atoms with Crippen LogP contribution >= 0.6 is 7.82 Å². The Morgan fingerprint density at radius 2 is 1.42 bits per heavy atom. The van der Waals surface area contributed by atoms with Gasteiger partial charge in [-0.05, 0) is 6.42 Å². The summed E-state index contributed by atoms with van der Waals surface area (Å²) in [5, 5.41) is 0. The van der Waals surface area contributed by atoms with E-state index in [1.54, 1.807) is 0 Å². The van der Waals surface area contributed by atoms with Gasteiger partial charge in [0.2, 0.25) is 0 Å². The molecule has 0 aliphatic rings. The Hall–Kier alpha value is 4.33. The summed E-state index contributed by atoms with van der Waals surface area (Å²) >= 11 is 0. The van der Waals surface area contributed by atoms with Crippen LogP contribution in [0.25, 0.3) is 0 Å². The van der Waals surface area contributed by atoms with E-state index < -0.39 is 17.9 Å². The average Bonchev–Trinajstić information content (AvgIpc) is 2.06. The molecule has 6 nitrogen and oxygen atoms in total. The minimum atomic E-state index is -4.94. The number of hydrogen-bond acceptors (Lipinski definition) is 4. The van der Waals surface area contributed by atoms with E-state index in [2.05, 4.69) is 10.9 Å². The van der Waals surface area contributed by atoms with Crippen LogP contribution in [0.1, 0.15) is 45.4 Å². The molecule has 0 aromatic rings. The van der Waals surface area contributed by atoms with Gasteiger partial charge in [0.05, 0.1) is 5.75 Å². The number of rotatable bonds is 9. The quantitative estimate of drug-likeness (QED) is 0.328. The maximum atomic E-state index is 11.0. The van der Waals surface area contributed by atoms with Crippen molar-refractivity contribution in [3.8, 4) is 0 Å². The van der Waals surface area contributed by atoms with Crippen molar-refractivity contribution in [3.05, 3.63) is 0 Å². The first-order valence-corrected chi connectivity index (χ1v) is 8.37. The fourth-order valence-electron chi connectivity index (χ4n) is 1.24. The fourth-order valence-corrected chi connectivity index (χ4v) is 3.28. The summed E-state index contributed by atoms with van der Waals surface area (Å²) in [7, 11) is -9.04. The summed E-state index contributed by atoms with van der Waals surface area (Å²) in [6.45, 7) is 2.08. The van der Waals surface area contributed by atoms with Crippen LogP contribution in [-0.4, -0.2) is 156 Å². The molecule has 0 aliphatic carbocycles. The van der Waals surface area contributed by atoms with Gasteiger partial charge in [-0.3, -0.25) is 0 Å². The molecule has 0 atom stereocenters. The van der Waals surface area contributed by atoms with E-state index >= 15 is 0 Å². The molecule has 0 spiro atoms. The van der Waals surface area contributed by atoms with Gasteiger partial charge >= 0.3 is 140 Å². The molecule has 0 fully saturated rings. The van der Waals surface area contributed by atoms with Crippen molar-refractivity contribution in [2.75, 3.05) is 5.75 Å². The van der Waals surface area contributed by atoms with Crippen LogP contribution in [-0.2, 0) is 18.7 Å². The van der Waals surface area contributed by atoms with Crippen LogP contribution in [0.4, 0.5) is 0 Å². The molecule has 0 aromatic heterocycles. The zero-order chi connectivity index (χ0) is 12.7. The average molecular weight is 378 g/mol. The molecule has 11 heteroatoms. The molecule has 2 N–H and O–H groups in total. The van der Waals surface area contributed by atoms with Gasteiger partial charge in [-0.2, -0.15) is 12.4 Å². The van der Waals surface area contributed by atoms with Gasteiger partial charge in [-0.25, -0.2) is 4.57 Å². The molecule has 0 aromatic carbocycles. The molecule has 19 heavy (non-hydrogen) atoms. The molecular formula is C8H22K2NaO6PS. The second kappa shape index (κ2) is 17.2. The molecular weight excluding hydrogens is 356 g/mol. The van der Waals surface area contributed by atoms with Crippen molar-refractivity contribution in [2.24, 2.45) is 0 Å². The topological polar surface area (TPSA) is 101 Å². The van der Waals surface area contributed by atoms with E-state index in [1.165, 1.54) is 0 Å². The predicted octanol–water partition coefficient (Wildman–Crippen LogP) is -0.160. The number of unbranched alkanes of at least 4 members (excludes halogenated alkanes) is 5. The SMILES string of the molecule is CCCCCCCCS(=O)(=O)OP(=O)(O)O.[KH].[KH].[NaH]. The normalized spacial score (nSPS) is 10.9. The van der Waals surface area contributed by atoms with Gasteiger partial charge in [0, 0.05) is 0 Å². The molecule has 0 aliphatic heterocycles. The van der Waals surface area contributed by atoms with E-state index in [0.29, 0.717) is 6.42 Å². The van der Waals surface area contributed by atoms with E-state index in [4.69, 9.17) is 9.79 Å². The molecule has 0 heterocycles. The van der Waals surface area contributed by atoms with Crippen molar-refractivity contribution >= 4 is 150 Å². The summed E-state index contributed by atoms with van der Waals surface area (Å²) < 4.78 is 36.0. The Balaban J connectivity index is -0.000000375. The number of hydrogen-bond donors (Lipinski definition) is 2. The van der Waals surface area contributed by atoms with Crippen molar-refractivity contribution in [1.29, 1.82) is 0 Å². The fraction of sp³-hybridized carbons (Fsp3) is 1.00. The summed E-state index contributed by atoms with van der Waals surface area (Å²) in [5.41, 5.74) is 0. The molecule has 104 valence electrons. The Kier molecular flexibility index (Phi) is 28.1. The third kappa shape index (κ3) is 24.7. The molecule has 0 radical (unpaired) electrons. The van der Waals surface area contributed by atoms with Crippen molar-refractivity contribution in [3.63, 3.8) is 0 Å². The maximum absolute atomic E-state index is 11.0. The number of phosphoric acid groups is 1. The van der Waals surface area contributed by atoms with E-state index in [0.717, 1.165) is 32.1 Å². The Morgan fingerprint density at radius 1 is 1.00 bits per heavy atom. The zero-order valence-electron chi connectivity index (χ0n) is 9.33. The van der Waals surface area contributed by atoms with Crippen molar-refractivity contribution < 1.29 is 26.7 Å². The predicted molar refractivity (Wildman–Crippen MR) is 81.7 cm³/mol. The van der Waals surface area contributed by atoms with Crippen LogP contribution in [0.15, 0.2) is 0 Å². The molecule has 0 amide bonds. The zero-order valence-corrected chi connectivity index (χ0v) is 11.0. The molecule has 0 unspecified atom stereocenters. The summed E-state index contributed by atoms with van der Waals surface area (Å²) in [6.07, 6.45) is 5.30. The first-order chi connectivity index (χ1) is 7.27. The van der Waals surface area contributed by atoms with Crippen LogP contribution in [0, 0.1) is 0 Å². The third-order valence-corrected chi connectivity index (χ3v) is 4.43. The van der Waals surface area contributed by atoms with Crippen molar-refractivity contribution in [2.45, 2.75) is 45.4 Å². The summed E-state index contributed by atoms with van der Waals surface area (Å²) in [6, 6.07) is 0. The molecule has 0 bridgehead atoms. The van der Waals surface area contributed by atoms with E-state index in [9.17, 15) is 13.0 Å². The van der Waals surface area contributed by atoms with Crippen LogP contribution in [0.5, 0.6) is 0 Å². The molecule has 0 saturated carbocycles. The van der Waals surface area contributed by atoms with Gasteiger partial charge in [0.25, 0.3) is 10.1 Å². The van der Waals surface area contributed by atoms with Gasteiger partial charge in [0.1, 0.15) is 0 Å². The standard InChI is InChI=1S/C8H19O6PS.2K.Na.3H/c1-2-3-4-5-6-7-8-16(12,13)14-15(9,10)11;;;;;;/h2-8H2,1H3,(H2,9,10,11);;;;;;. The van der Waals surface area contributed by atoms with Crippen molar-refractivity contribution in [1.82, 2.24) is 0 Å². The minimum absolute atomic E-state index is 0. The first kappa shape index (κ1) is 31.1. The monoisotopic (exact) mass is 378 g/mol. The second-order valence-electron chi connectivity index (χ2n) is 3.59. The van der Waals surface area contributed by atoms with Crippen LogP contribution in [0.3, 0.4) is 0 Å². The summed E-state index contributed by atoms with van der Waals surface area (Å²) in [5.74, 6) is -0.343. The van der Waals surface area contributed by atoms with Gasteiger partial charge < -0.3 is 9.79 Å². The third-order valence-electron chi connectivity index (χ3n) is 1.96. The Bertz CT molecular complexity index is 334. The Labute approximate surface area is 223 Å². The summed E-state index contributed by atoms with van der Waals surface area (Å²) in [4.78, 5) is 16.7. The molecule has 0 rings (SSSR count). The Morgan fingerprint density at radius 3 is 1.84 bits per heavy atom. The van der Waals surface area contributed by atoms with Crippen LogP contribution in [0.2, 0.25) is 0 Å². The van der Waals surface area contributed by atoms with Gasteiger partial charge in [0.15, 0.2) is 0 Å². The second-order valence-corrected chi connectivity index (χ2v) is 6.70. The molecule has 0 saturated heterocycles. The van der Waals surface area contributed by atoms with Gasteiger partial charge in [-0.1, -0.05) is 39.0 Å². The van der Waals surface area contributed by atoms with Crippen LogP contribution < -0.4 is 0 Å². The first-order valence-electron chi connectivity index (χ1n) is 5.26. The van der Waals surface area contributed by atoms with Gasteiger partial charge in [-0.15, -0.1) is 0 Å². The van der Waals surface area contributed by atoms with E-state index in [1.807, 2.05) is 0 Å². The van der Waals surface area contributed by atoms with E-state index in [-0.39, 0.29) is 138 Å².